The average Bonchev–Trinajstić information content (AvgIpc) is 2.55. The molecule has 0 bridgehead atoms. The van der Waals surface area contributed by atoms with Crippen molar-refractivity contribution >= 4 is 27.5 Å². The van der Waals surface area contributed by atoms with Gasteiger partial charge in [0.15, 0.2) is 0 Å². The summed E-state index contributed by atoms with van der Waals surface area (Å²) in [4.78, 5) is 20.4. The number of benzene rings is 1. The lowest BCUT2D eigenvalue weighted by atomic mass is 10.1. The molecule has 0 saturated carbocycles. The van der Waals surface area contributed by atoms with Gasteiger partial charge in [-0.25, -0.2) is 0 Å². The fourth-order valence-electron chi connectivity index (χ4n) is 2.41. The minimum Gasteiger partial charge on any atom is -0.326 e. The Hall–Kier alpha value is -2.53. The van der Waals surface area contributed by atoms with Crippen molar-refractivity contribution in [3.8, 4) is 11.1 Å². The van der Waals surface area contributed by atoms with E-state index in [-0.39, 0.29) is 12.3 Å². The molecule has 2 aromatic heterocycles. The molecule has 0 spiro atoms. The van der Waals surface area contributed by atoms with Crippen molar-refractivity contribution in [3.63, 3.8) is 0 Å². The zero-order chi connectivity index (χ0) is 16.9. The maximum atomic E-state index is 12.1. The summed E-state index contributed by atoms with van der Waals surface area (Å²) in [7, 11) is 0. The van der Waals surface area contributed by atoms with Gasteiger partial charge in [-0.15, -0.1) is 0 Å². The van der Waals surface area contributed by atoms with Gasteiger partial charge in [0.2, 0.25) is 5.91 Å². The van der Waals surface area contributed by atoms with Crippen LogP contribution in [0.15, 0.2) is 65.5 Å². The molecule has 120 valence electrons. The molecule has 0 aliphatic heterocycles. The highest BCUT2D eigenvalue weighted by atomic mass is 79.9. The van der Waals surface area contributed by atoms with Crippen molar-refractivity contribution in [3.05, 3.63) is 76.8 Å². The molecule has 3 aromatic rings. The number of aromatic nitrogens is 2. The molecule has 0 fully saturated rings. The van der Waals surface area contributed by atoms with Gasteiger partial charge in [0.1, 0.15) is 0 Å². The number of halogens is 1. The predicted octanol–water partition coefficient (Wildman–Crippen LogP) is 4.40. The minimum absolute atomic E-state index is 0.0672. The van der Waals surface area contributed by atoms with Crippen molar-refractivity contribution in [1.29, 1.82) is 0 Å². The van der Waals surface area contributed by atoms with Crippen molar-refractivity contribution in [1.82, 2.24) is 9.97 Å². The van der Waals surface area contributed by atoms with Gasteiger partial charge >= 0.3 is 0 Å². The van der Waals surface area contributed by atoms with Gasteiger partial charge in [-0.05, 0) is 69.9 Å². The van der Waals surface area contributed by atoms with E-state index in [0.29, 0.717) is 0 Å². The summed E-state index contributed by atoms with van der Waals surface area (Å²) in [5.74, 6) is -0.0672. The van der Waals surface area contributed by atoms with Gasteiger partial charge in [-0.2, -0.15) is 0 Å². The summed E-state index contributed by atoms with van der Waals surface area (Å²) in [6.07, 6.45) is 5.48. The number of nitrogens with one attached hydrogen (secondary N) is 1. The van der Waals surface area contributed by atoms with Crippen LogP contribution in [0.25, 0.3) is 11.1 Å². The Morgan fingerprint density at radius 2 is 1.88 bits per heavy atom. The van der Waals surface area contributed by atoms with E-state index in [1.54, 1.807) is 18.6 Å². The average molecular weight is 382 g/mol. The third-order valence-electron chi connectivity index (χ3n) is 3.52. The Labute approximate surface area is 149 Å². The SMILES string of the molecule is Cc1cc(-c2ccc(NC(=O)Cc3cncc(Br)c3)cc2)ccn1. The van der Waals surface area contributed by atoms with E-state index < -0.39 is 0 Å². The summed E-state index contributed by atoms with van der Waals surface area (Å²) in [6, 6.07) is 13.7. The Kier molecular flexibility index (Phi) is 5.01. The van der Waals surface area contributed by atoms with Gasteiger partial charge in [-0.1, -0.05) is 12.1 Å². The van der Waals surface area contributed by atoms with Crippen LogP contribution in [0.4, 0.5) is 5.69 Å². The highest BCUT2D eigenvalue weighted by Crippen LogP contribution is 2.21. The fourth-order valence-corrected chi connectivity index (χ4v) is 2.83. The lowest BCUT2D eigenvalue weighted by Crippen LogP contribution is -2.14. The molecule has 0 radical (unpaired) electrons. The van der Waals surface area contributed by atoms with Gasteiger partial charge in [0, 0.05) is 34.4 Å². The number of hydrogen-bond donors (Lipinski definition) is 1. The molecule has 3 rings (SSSR count). The lowest BCUT2D eigenvalue weighted by Gasteiger charge is -2.07. The Morgan fingerprint density at radius 1 is 1.08 bits per heavy atom. The zero-order valence-electron chi connectivity index (χ0n) is 13.2. The lowest BCUT2D eigenvalue weighted by molar-refractivity contribution is -0.115. The van der Waals surface area contributed by atoms with Gasteiger partial charge in [0.25, 0.3) is 0 Å². The highest BCUT2D eigenvalue weighted by Gasteiger charge is 2.06. The molecule has 0 aliphatic carbocycles. The number of carbonyl (C=O) groups excluding carboxylic acids is 1. The molecule has 1 N–H and O–H groups in total. The number of anilines is 1. The molecule has 2 heterocycles. The molecule has 0 atom stereocenters. The van der Waals surface area contributed by atoms with Gasteiger partial charge in [0.05, 0.1) is 6.42 Å². The molecule has 0 aliphatic rings. The van der Waals surface area contributed by atoms with Crippen LogP contribution in [-0.4, -0.2) is 15.9 Å². The zero-order valence-corrected chi connectivity index (χ0v) is 14.7. The number of pyridine rings is 2. The van der Waals surface area contributed by atoms with E-state index in [1.165, 1.54) is 0 Å². The van der Waals surface area contributed by atoms with E-state index >= 15 is 0 Å². The molecular formula is C19H16BrN3O. The molecule has 5 heteroatoms. The van der Waals surface area contributed by atoms with Gasteiger partial charge in [-0.3, -0.25) is 14.8 Å². The summed E-state index contributed by atoms with van der Waals surface area (Å²) in [6.45, 7) is 1.97. The van der Waals surface area contributed by atoms with Crippen LogP contribution in [0, 0.1) is 6.92 Å². The quantitative estimate of drug-likeness (QED) is 0.728. The normalized spacial score (nSPS) is 10.4. The molecule has 0 saturated heterocycles. The summed E-state index contributed by atoms with van der Waals surface area (Å²) < 4.78 is 0.866. The van der Waals surface area contributed by atoms with Crippen LogP contribution in [0.3, 0.4) is 0 Å². The maximum absolute atomic E-state index is 12.1. The van der Waals surface area contributed by atoms with Crippen LogP contribution in [0.2, 0.25) is 0 Å². The predicted molar refractivity (Wildman–Crippen MR) is 98.7 cm³/mol. The second kappa shape index (κ2) is 7.36. The number of amides is 1. The first-order valence-corrected chi connectivity index (χ1v) is 8.32. The molecule has 0 unspecified atom stereocenters. The van der Waals surface area contributed by atoms with Crippen LogP contribution in [0.5, 0.6) is 0 Å². The van der Waals surface area contributed by atoms with Crippen LogP contribution < -0.4 is 5.32 Å². The summed E-state index contributed by atoms with van der Waals surface area (Å²) in [5, 5.41) is 2.91. The Bertz CT molecular complexity index is 862. The first kappa shape index (κ1) is 16.3. The van der Waals surface area contributed by atoms with Gasteiger partial charge < -0.3 is 5.32 Å². The fraction of sp³-hybridized carbons (Fsp3) is 0.105. The second-order valence-corrected chi connectivity index (χ2v) is 6.42. The molecule has 24 heavy (non-hydrogen) atoms. The van der Waals surface area contributed by atoms with E-state index in [4.69, 9.17) is 0 Å². The largest absolute Gasteiger partial charge is 0.326 e. The first-order valence-electron chi connectivity index (χ1n) is 7.52. The topological polar surface area (TPSA) is 54.9 Å². The third-order valence-corrected chi connectivity index (χ3v) is 3.96. The highest BCUT2D eigenvalue weighted by molar-refractivity contribution is 9.10. The van der Waals surface area contributed by atoms with Crippen molar-refractivity contribution in [2.24, 2.45) is 0 Å². The number of rotatable bonds is 4. The van der Waals surface area contributed by atoms with Crippen LogP contribution in [-0.2, 0) is 11.2 Å². The number of hydrogen-bond acceptors (Lipinski definition) is 3. The van der Waals surface area contributed by atoms with Crippen LogP contribution in [0.1, 0.15) is 11.3 Å². The standard InChI is InChI=1S/C19H16BrN3O/c1-13-8-16(6-7-22-13)15-2-4-18(5-3-15)23-19(24)10-14-9-17(20)12-21-11-14/h2-9,11-12H,10H2,1H3,(H,23,24). The number of nitrogens with zero attached hydrogens (tertiary/aromatic N) is 2. The second-order valence-electron chi connectivity index (χ2n) is 5.50. The molecule has 1 amide bonds. The first-order chi connectivity index (χ1) is 11.6. The Balaban J connectivity index is 1.66. The molecule has 1 aromatic carbocycles. The molecular weight excluding hydrogens is 366 g/mol. The van der Waals surface area contributed by atoms with Crippen molar-refractivity contribution < 1.29 is 4.79 Å². The Morgan fingerprint density at radius 3 is 2.58 bits per heavy atom. The van der Waals surface area contributed by atoms with E-state index in [0.717, 1.165) is 32.5 Å². The maximum Gasteiger partial charge on any atom is 0.228 e. The number of aryl methyl sites for hydroxylation is 1. The van der Waals surface area contributed by atoms with E-state index in [9.17, 15) is 4.79 Å². The number of carbonyl (C=O) groups is 1. The van der Waals surface area contributed by atoms with Crippen molar-refractivity contribution in [2.45, 2.75) is 13.3 Å². The van der Waals surface area contributed by atoms with E-state index in [1.807, 2.05) is 49.4 Å². The van der Waals surface area contributed by atoms with Crippen LogP contribution >= 0.6 is 15.9 Å². The molecule has 4 nitrogen and oxygen atoms in total. The summed E-state index contributed by atoms with van der Waals surface area (Å²) >= 11 is 3.36. The minimum atomic E-state index is -0.0672. The third kappa shape index (κ3) is 4.26. The van der Waals surface area contributed by atoms with Crippen molar-refractivity contribution in [2.75, 3.05) is 5.32 Å². The summed E-state index contributed by atoms with van der Waals surface area (Å²) in [5.41, 5.74) is 4.83. The van der Waals surface area contributed by atoms with E-state index in [2.05, 4.69) is 31.2 Å². The smallest absolute Gasteiger partial charge is 0.228 e. The monoisotopic (exact) mass is 381 g/mol.